The summed E-state index contributed by atoms with van der Waals surface area (Å²) < 4.78 is 6.12. The van der Waals surface area contributed by atoms with Crippen molar-refractivity contribution in [2.75, 3.05) is 13.2 Å². The maximum Gasteiger partial charge on any atom is 0.0717 e. The Morgan fingerprint density at radius 2 is 1.18 bits per heavy atom. The summed E-state index contributed by atoms with van der Waals surface area (Å²) in [5.74, 6) is 0. The zero-order chi connectivity index (χ0) is 23.4. The Morgan fingerprint density at radius 1 is 0.676 bits per heavy atom. The summed E-state index contributed by atoms with van der Waals surface area (Å²) in [5, 5.41) is 6.69. The van der Waals surface area contributed by atoms with E-state index in [1.54, 1.807) is 0 Å². The summed E-state index contributed by atoms with van der Waals surface area (Å²) >= 11 is 0. The van der Waals surface area contributed by atoms with Gasteiger partial charge in [0.1, 0.15) is 0 Å². The van der Waals surface area contributed by atoms with Crippen LogP contribution in [-0.4, -0.2) is 18.8 Å². The number of ether oxygens (including phenoxy) is 1. The van der Waals surface area contributed by atoms with Gasteiger partial charge in [-0.3, -0.25) is 0 Å². The minimum absolute atomic E-state index is 0.178. The zero-order valence-corrected chi connectivity index (χ0v) is 20.8. The molecule has 0 radical (unpaired) electrons. The maximum atomic E-state index is 6.12. The maximum absolute atomic E-state index is 6.12. The normalized spacial score (nSPS) is 13.0. The van der Waals surface area contributed by atoms with Crippen LogP contribution in [0.2, 0.25) is 0 Å². The minimum atomic E-state index is -0.410. The number of hydrogen-bond acceptors (Lipinski definition) is 2. The third-order valence-corrected chi connectivity index (χ3v) is 8.91. The molecular formula is C31H34NOP. The summed E-state index contributed by atoms with van der Waals surface area (Å²) in [6, 6.07) is 43.2. The molecule has 4 aromatic carbocycles. The highest BCUT2D eigenvalue weighted by Crippen LogP contribution is 2.40. The van der Waals surface area contributed by atoms with Crippen LogP contribution in [0.15, 0.2) is 121 Å². The first kappa shape index (κ1) is 24.4. The summed E-state index contributed by atoms with van der Waals surface area (Å²) in [5.41, 5.74) is 3.05. The fraction of sp³-hybridized carbons (Fsp3) is 0.226. The molecule has 0 spiro atoms. The van der Waals surface area contributed by atoms with Crippen LogP contribution in [0.3, 0.4) is 0 Å². The molecule has 2 atom stereocenters. The quantitative estimate of drug-likeness (QED) is 0.242. The molecule has 4 aromatic rings. The molecular weight excluding hydrogens is 433 g/mol. The molecule has 3 heteroatoms. The molecule has 0 saturated carbocycles. The van der Waals surface area contributed by atoms with Crippen LogP contribution in [-0.2, 0) is 11.3 Å². The van der Waals surface area contributed by atoms with Crippen molar-refractivity contribution in [1.29, 1.82) is 0 Å². The predicted octanol–water partition coefficient (Wildman–Crippen LogP) is 6.45. The Hall–Kier alpha value is -2.77. The molecule has 0 amide bonds. The van der Waals surface area contributed by atoms with Gasteiger partial charge in [0.2, 0.25) is 0 Å². The van der Waals surface area contributed by atoms with Crippen molar-refractivity contribution < 1.29 is 4.74 Å². The molecule has 0 unspecified atom stereocenters. The lowest BCUT2D eigenvalue weighted by Gasteiger charge is -2.27. The minimum Gasteiger partial charge on any atom is -0.375 e. The number of benzene rings is 4. The van der Waals surface area contributed by atoms with E-state index in [9.17, 15) is 0 Å². The molecule has 2 nitrogen and oxygen atoms in total. The summed E-state index contributed by atoms with van der Waals surface area (Å²) in [6.45, 7) is 4.64. The van der Waals surface area contributed by atoms with Crippen molar-refractivity contribution in [3.63, 3.8) is 0 Å². The second-order valence-corrected chi connectivity index (χ2v) is 11.3. The van der Waals surface area contributed by atoms with Crippen LogP contribution in [0.4, 0.5) is 0 Å². The van der Waals surface area contributed by atoms with E-state index in [0.717, 1.165) is 13.0 Å². The van der Waals surface area contributed by atoms with Crippen LogP contribution >= 0.6 is 7.92 Å². The van der Waals surface area contributed by atoms with Crippen LogP contribution in [0.5, 0.6) is 0 Å². The molecule has 4 rings (SSSR count). The average molecular weight is 468 g/mol. The molecule has 0 fully saturated rings. The highest BCUT2D eigenvalue weighted by Gasteiger charge is 2.21. The molecule has 0 heterocycles. The van der Waals surface area contributed by atoms with Crippen molar-refractivity contribution in [1.82, 2.24) is 5.32 Å². The SMILES string of the molecule is C[C@@H](CCN[C@@H](COCc1ccccc1)c1ccccc1)P(c1ccccc1)c1ccccc1. The zero-order valence-electron chi connectivity index (χ0n) is 19.9. The second-order valence-electron chi connectivity index (χ2n) is 8.60. The van der Waals surface area contributed by atoms with E-state index in [-0.39, 0.29) is 6.04 Å². The van der Waals surface area contributed by atoms with Crippen LogP contribution in [0.25, 0.3) is 0 Å². The van der Waals surface area contributed by atoms with E-state index >= 15 is 0 Å². The first-order valence-electron chi connectivity index (χ1n) is 12.1. The first-order chi connectivity index (χ1) is 16.8. The van der Waals surface area contributed by atoms with E-state index in [2.05, 4.69) is 128 Å². The van der Waals surface area contributed by atoms with Gasteiger partial charge in [0.25, 0.3) is 0 Å². The van der Waals surface area contributed by atoms with Crippen LogP contribution in [0, 0.1) is 0 Å². The molecule has 0 aromatic heterocycles. The van der Waals surface area contributed by atoms with Crippen molar-refractivity contribution in [2.24, 2.45) is 0 Å². The van der Waals surface area contributed by atoms with Gasteiger partial charge in [0.05, 0.1) is 19.3 Å². The van der Waals surface area contributed by atoms with Gasteiger partial charge < -0.3 is 10.1 Å². The van der Waals surface area contributed by atoms with Crippen LogP contribution in [0.1, 0.15) is 30.5 Å². The molecule has 0 aliphatic rings. The van der Waals surface area contributed by atoms with Gasteiger partial charge in [-0.15, -0.1) is 0 Å². The fourth-order valence-electron chi connectivity index (χ4n) is 4.26. The summed E-state index contributed by atoms with van der Waals surface area (Å²) in [4.78, 5) is 0. The number of hydrogen-bond donors (Lipinski definition) is 1. The van der Waals surface area contributed by atoms with Gasteiger partial charge >= 0.3 is 0 Å². The van der Waals surface area contributed by atoms with Gasteiger partial charge in [0, 0.05) is 0 Å². The van der Waals surface area contributed by atoms with Crippen molar-refractivity contribution in [2.45, 2.75) is 31.7 Å². The predicted molar refractivity (Wildman–Crippen MR) is 146 cm³/mol. The van der Waals surface area contributed by atoms with E-state index < -0.39 is 7.92 Å². The monoisotopic (exact) mass is 467 g/mol. The Balaban J connectivity index is 1.39. The summed E-state index contributed by atoms with van der Waals surface area (Å²) in [6.07, 6.45) is 1.11. The molecule has 0 aliphatic carbocycles. The van der Waals surface area contributed by atoms with E-state index in [0.29, 0.717) is 18.9 Å². The standard InChI is InChI=1S/C31H34NOP/c1-26(34(29-18-10-4-11-19-29)30-20-12-5-13-21-30)22-23-32-31(28-16-8-3-9-17-28)25-33-24-27-14-6-2-7-15-27/h2-21,26,31-32H,22-25H2,1H3/t26-,31-/m0/s1. The Labute approximate surface area is 205 Å². The third kappa shape index (κ3) is 7.11. The third-order valence-electron chi connectivity index (χ3n) is 6.06. The molecule has 1 N–H and O–H groups in total. The number of nitrogens with one attached hydrogen (secondary N) is 1. The van der Waals surface area contributed by atoms with Crippen LogP contribution < -0.4 is 15.9 Å². The Kier molecular flexibility index (Phi) is 9.46. The highest BCUT2D eigenvalue weighted by atomic mass is 31.1. The molecule has 174 valence electrons. The van der Waals surface area contributed by atoms with Gasteiger partial charge in [-0.25, -0.2) is 0 Å². The first-order valence-corrected chi connectivity index (χ1v) is 13.5. The topological polar surface area (TPSA) is 21.3 Å². The lowest BCUT2D eigenvalue weighted by atomic mass is 10.1. The molecule has 0 aliphatic heterocycles. The van der Waals surface area contributed by atoms with Gasteiger partial charge in [-0.1, -0.05) is 128 Å². The second kappa shape index (κ2) is 13.2. The van der Waals surface area contributed by atoms with Crippen molar-refractivity contribution in [3.05, 3.63) is 132 Å². The lowest BCUT2D eigenvalue weighted by molar-refractivity contribution is 0.0985. The Morgan fingerprint density at radius 3 is 1.74 bits per heavy atom. The van der Waals surface area contributed by atoms with Gasteiger partial charge in [-0.05, 0) is 48.3 Å². The smallest absolute Gasteiger partial charge is 0.0717 e. The largest absolute Gasteiger partial charge is 0.375 e. The highest BCUT2D eigenvalue weighted by molar-refractivity contribution is 7.73. The molecule has 0 bridgehead atoms. The van der Waals surface area contributed by atoms with Gasteiger partial charge in [-0.2, -0.15) is 0 Å². The van der Waals surface area contributed by atoms with Crippen molar-refractivity contribution in [3.8, 4) is 0 Å². The molecule has 0 saturated heterocycles. The summed E-state index contributed by atoms with van der Waals surface area (Å²) in [7, 11) is -0.410. The van der Waals surface area contributed by atoms with Gasteiger partial charge in [0.15, 0.2) is 0 Å². The Bertz CT molecular complexity index is 1030. The van der Waals surface area contributed by atoms with E-state index in [1.807, 2.05) is 6.07 Å². The van der Waals surface area contributed by atoms with Crippen molar-refractivity contribution >= 4 is 18.5 Å². The number of rotatable bonds is 12. The molecule has 34 heavy (non-hydrogen) atoms. The van der Waals surface area contributed by atoms with E-state index in [4.69, 9.17) is 4.74 Å². The lowest BCUT2D eigenvalue weighted by Crippen LogP contribution is -2.29. The fourth-order valence-corrected chi connectivity index (χ4v) is 6.95. The van der Waals surface area contributed by atoms with E-state index in [1.165, 1.54) is 21.7 Å². The average Bonchev–Trinajstić information content (AvgIpc) is 2.90.